The zero-order valence-corrected chi connectivity index (χ0v) is 11.7. The molecule has 0 aliphatic rings. The van der Waals surface area contributed by atoms with Crippen LogP contribution in [0.25, 0.3) is 0 Å². The van der Waals surface area contributed by atoms with Gasteiger partial charge in [-0.2, -0.15) is 0 Å². The highest BCUT2D eigenvalue weighted by Gasteiger charge is 2.03. The zero-order chi connectivity index (χ0) is 14.1. The van der Waals surface area contributed by atoms with E-state index < -0.39 is 0 Å². The van der Waals surface area contributed by atoms with Gasteiger partial charge in [0.25, 0.3) is 0 Å². The Morgan fingerprint density at radius 1 is 1.22 bits per heavy atom. The summed E-state index contributed by atoms with van der Waals surface area (Å²) in [5.74, 6) is 0. The van der Waals surface area contributed by atoms with Gasteiger partial charge in [0.15, 0.2) is 0 Å². The monoisotopic (exact) mass is 244 g/mol. The van der Waals surface area contributed by atoms with Gasteiger partial charge in [-0.15, -0.1) is 6.58 Å². The van der Waals surface area contributed by atoms with Gasteiger partial charge < -0.3 is 11.1 Å². The molecular formula is C16H24N2. The van der Waals surface area contributed by atoms with E-state index in [1.807, 2.05) is 45.0 Å². The summed E-state index contributed by atoms with van der Waals surface area (Å²) < 4.78 is 0. The van der Waals surface area contributed by atoms with E-state index in [-0.39, 0.29) is 6.04 Å². The Balaban J connectivity index is 0.000000631. The van der Waals surface area contributed by atoms with E-state index in [2.05, 4.69) is 13.2 Å². The molecule has 2 heteroatoms. The van der Waals surface area contributed by atoms with E-state index in [4.69, 9.17) is 11.1 Å². The third kappa shape index (κ3) is 7.58. The Kier molecular flexibility index (Phi) is 7.64. The van der Waals surface area contributed by atoms with Crippen LogP contribution in [0.1, 0.15) is 31.9 Å². The van der Waals surface area contributed by atoms with Crippen molar-refractivity contribution in [1.82, 2.24) is 0 Å². The van der Waals surface area contributed by atoms with E-state index in [1.165, 1.54) is 17.4 Å². The molecule has 18 heavy (non-hydrogen) atoms. The molecule has 1 aromatic rings. The van der Waals surface area contributed by atoms with E-state index in [9.17, 15) is 0 Å². The second-order valence-electron chi connectivity index (χ2n) is 4.75. The first-order chi connectivity index (χ1) is 8.36. The molecule has 0 heterocycles. The van der Waals surface area contributed by atoms with Crippen LogP contribution in [0.2, 0.25) is 0 Å². The van der Waals surface area contributed by atoms with E-state index in [0.29, 0.717) is 0 Å². The lowest BCUT2D eigenvalue weighted by Crippen LogP contribution is -2.23. The molecule has 1 unspecified atom stereocenters. The lowest BCUT2D eigenvalue weighted by Gasteiger charge is -2.10. The minimum atomic E-state index is 0.0285. The molecule has 3 N–H and O–H groups in total. The lowest BCUT2D eigenvalue weighted by molar-refractivity contribution is 0.766. The molecule has 98 valence electrons. The predicted molar refractivity (Wildman–Crippen MR) is 81.3 cm³/mol. The average molecular weight is 244 g/mol. The standard InChI is InChI=1S/C12H16N2.C4H8/c1-9(2)12(14)7-10-3-5-11(8-13)6-4-10;1-4(2)3/h3-6,8,12-13H,1,7,14H2,2H3;1H2,2-3H3. The first kappa shape index (κ1) is 16.3. The molecule has 1 aromatic carbocycles. The topological polar surface area (TPSA) is 49.9 Å². The lowest BCUT2D eigenvalue weighted by atomic mass is 10.0. The number of nitrogens with two attached hydrogens (primary N) is 1. The van der Waals surface area contributed by atoms with Crippen LogP contribution in [0.4, 0.5) is 0 Å². The number of nitrogens with one attached hydrogen (secondary N) is 1. The first-order valence-corrected chi connectivity index (χ1v) is 5.99. The average Bonchev–Trinajstić information content (AvgIpc) is 2.29. The van der Waals surface area contributed by atoms with Crippen LogP contribution in [-0.4, -0.2) is 12.3 Å². The maximum absolute atomic E-state index is 7.06. The molecule has 0 aliphatic heterocycles. The maximum Gasteiger partial charge on any atom is 0.0289 e. The Labute approximate surface area is 111 Å². The van der Waals surface area contributed by atoms with Crippen molar-refractivity contribution in [2.45, 2.75) is 33.2 Å². The summed E-state index contributed by atoms with van der Waals surface area (Å²) in [5, 5.41) is 7.06. The molecule has 0 amide bonds. The largest absolute Gasteiger partial charge is 0.324 e. The third-order valence-electron chi connectivity index (χ3n) is 2.23. The molecule has 0 saturated heterocycles. The van der Waals surface area contributed by atoms with Crippen molar-refractivity contribution in [2.24, 2.45) is 5.73 Å². The number of allylic oxidation sites excluding steroid dienone is 1. The molecule has 0 bridgehead atoms. The molecule has 1 atom stereocenters. The summed E-state index contributed by atoms with van der Waals surface area (Å²) in [7, 11) is 0. The molecule has 1 rings (SSSR count). The summed E-state index contributed by atoms with van der Waals surface area (Å²) in [6.07, 6.45) is 2.15. The van der Waals surface area contributed by atoms with Crippen molar-refractivity contribution in [3.63, 3.8) is 0 Å². The Bertz CT molecular complexity index is 398. The molecule has 0 radical (unpaired) electrons. The second kappa shape index (κ2) is 8.43. The van der Waals surface area contributed by atoms with Crippen LogP contribution in [0, 0.1) is 5.41 Å². The van der Waals surface area contributed by atoms with Crippen LogP contribution in [-0.2, 0) is 6.42 Å². The number of hydrogen-bond donors (Lipinski definition) is 2. The highest BCUT2D eigenvalue weighted by atomic mass is 14.6. The number of benzene rings is 1. The van der Waals surface area contributed by atoms with Crippen molar-refractivity contribution in [3.8, 4) is 0 Å². The fourth-order valence-corrected chi connectivity index (χ4v) is 1.18. The molecule has 0 aliphatic carbocycles. The fraction of sp³-hybridized carbons (Fsp3) is 0.312. The second-order valence-corrected chi connectivity index (χ2v) is 4.75. The Morgan fingerprint density at radius 3 is 2.00 bits per heavy atom. The van der Waals surface area contributed by atoms with Gasteiger partial charge >= 0.3 is 0 Å². The van der Waals surface area contributed by atoms with Gasteiger partial charge in [-0.05, 0) is 38.3 Å². The normalized spacial score (nSPS) is 10.9. The summed E-state index contributed by atoms with van der Waals surface area (Å²) in [5.41, 5.74) is 10.1. The van der Waals surface area contributed by atoms with Gasteiger partial charge in [0.1, 0.15) is 0 Å². The Morgan fingerprint density at radius 2 is 1.67 bits per heavy atom. The van der Waals surface area contributed by atoms with Crippen molar-refractivity contribution < 1.29 is 0 Å². The Hall–Kier alpha value is -1.67. The SMILES string of the molecule is C=C(C)C.C=C(C)C(N)Cc1ccc(C=N)cc1. The summed E-state index contributed by atoms with van der Waals surface area (Å²) in [4.78, 5) is 0. The predicted octanol–water partition coefficient (Wildman–Crippen LogP) is 3.71. The van der Waals surface area contributed by atoms with Gasteiger partial charge in [-0.1, -0.05) is 42.0 Å². The molecule has 2 nitrogen and oxygen atoms in total. The summed E-state index contributed by atoms with van der Waals surface area (Å²) in [6, 6.07) is 7.88. The molecule has 0 saturated carbocycles. The molecule has 0 aromatic heterocycles. The van der Waals surface area contributed by atoms with Gasteiger partial charge in [-0.3, -0.25) is 0 Å². The van der Waals surface area contributed by atoms with Crippen molar-refractivity contribution in [3.05, 3.63) is 59.7 Å². The van der Waals surface area contributed by atoms with E-state index in [1.54, 1.807) is 0 Å². The van der Waals surface area contributed by atoms with Crippen LogP contribution in [0.5, 0.6) is 0 Å². The van der Waals surface area contributed by atoms with E-state index in [0.717, 1.165) is 17.6 Å². The van der Waals surface area contributed by atoms with Crippen molar-refractivity contribution >= 4 is 6.21 Å². The highest BCUT2D eigenvalue weighted by Crippen LogP contribution is 2.07. The van der Waals surface area contributed by atoms with Crippen LogP contribution in [0.15, 0.2) is 48.6 Å². The highest BCUT2D eigenvalue weighted by molar-refractivity contribution is 5.76. The van der Waals surface area contributed by atoms with Gasteiger partial charge in [-0.25, -0.2) is 0 Å². The summed E-state index contributed by atoms with van der Waals surface area (Å²) in [6.45, 7) is 13.3. The van der Waals surface area contributed by atoms with Crippen molar-refractivity contribution in [2.75, 3.05) is 0 Å². The molecule has 0 fully saturated rings. The van der Waals surface area contributed by atoms with Gasteiger partial charge in [0, 0.05) is 12.3 Å². The third-order valence-corrected chi connectivity index (χ3v) is 2.23. The fourth-order valence-electron chi connectivity index (χ4n) is 1.18. The zero-order valence-electron chi connectivity index (χ0n) is 11.7. The van der Waals surface area contributed by atoms with Gasteiger partial charge in [0.05, 0.1) is 0 Å². The summed E-state index contributed by atoms with van der Waals surface area (Å²) >= 11 is 0. The molecular weight excluding hydrogens is 220 g/mol. The minimum absolute atomic E-state index is 0.0285. The van der Waals surface area contributed by atoms with Crippen LogP contribution in [0.3, 0.4) is 0 Å². The maximum atomic E-state index is 7.06. The number of rotatable bonds is 4. The minimum Gasteiger partial charge on any atom is -0.324 e. The van der Waals surface area contributed by atoms with Crippen LogP contribution < -0.4 is 5.73 Å². The first-order valence-electron chi connectivity index (χ1n) is 5.99. The number of hydrogen-bond acceptors (Lipinski definition) is 2. The van der Waals surface area contributed by atoms with Crippen molar-refractivity contribution in [1.29, 1.82) is 5.41 Å². The van der Waals surface area contributed by atoms with Gasteiger partial charge in [0.2, 0.25) is 0 Å². The van der Waals surface area contributed by atoms with Crippen LogP contribution >= 0.6 is 0 Å². The molecule has 0 spiro atoms. The van der Waals surface area contributed by atoms with E-state index >= 15 is 0 Å². The quantitative estimate of drug-likeness (QED) is 0.615. The smallest absolute Gasteiger partial charge is 0.0289 e.